The number of carboxylic acids is 1. The second-order valence-corrected chi connectivity index (χ2v) is 4.96. The molecule has 0 bridgehead atoms. The van der Waals surface area contributed by atoms with E-state index in [-0.39, 0.29) is 5.41 Å². The van der Waals surface area contributed by atoms with Crippen LogP contribution in [0.25, 0.3) is 0 Å². The van der Waals surface area contributed by atoms with Crippen LogP contribution in [0.1, 0.15) is 25.8 Å². The molecule has 5 nitrogen and oxygen atoms in total. The van der Waals surface area contributed by atoms with E-state index in [4.69, 9.17) is 9.84 Å². The van der Waals surface area contributed by atoms with Crippen molar-refractivity contribution >= 4 is 11.9 Å². The molecule has 0 aromatic heterocycles. The standard InChI is InChI=1S/C14H19NO4/c1-14(2,9-15-12(16)8-13(17)18)10-5-4-6-11(7-10)19-3/h4-7H,8-9H2,1-3H3,(H,15,16)(H,17,18). The summed E-state index contributed by atoms with van der Waals surface area (Å²) < 4.78 is 5.16. The summed E-state index contributed by atoms with van der Waals surface area (Å²) in [6.45, 7) is 4.32. The predicted molar refractivity (Wildman–Crippen MR) is 71.3 cm³/mol. The van der Waals surface area contributed by atoms with E-state index in [0.29, 0.717) is 6.54 Å². The molecule has 104 valence electrons. The van der Waals surface area contributed by atoms with Gasteiger partial charge in [-0.1, -0.05) is 26.0 Å². The summed E-state index contributed by atoms with van der Waals surface area (Å²) in [5.74, 6) is -0.859. The summed E-state index contributed by atoms with van der Waals surface area (Å²) in [6.07, 6.45) is -0.506. The van der Waals surface area contributed by atoms with E-state index in [2.05, 4.69) is 5.32 Å². The van der Waals surface area contributed by atoms with Gasteiger partial charge in [-0.05, 0) is 17.7 Å². The minimum Gasteiger partial charge on any atom is -0.497 e. The largest absolute Gasteiger partial charge is 0.497 e. The first-order chi connectivity index (χ1) is 8.85. The minimum absolute atomic E-state index is 0.303. The first-order valence-corrected chi connectivity index (χ1v) is 5.98. The van der Waals surface area contributed by atoms with Crippen molar-refractivity contribution in [2.24, 2.45) is 0 Å². The lowest BCUT2D eigenvalue weighted by atomic mass is 9.84. The Morgan fingerprint density at radius 1 is 1.37 bits per heavy atom. The van der Waals surface area contributed by atoms with E-state index in [1.165, 1.54) is 0 Å². The maximum absolute atomic E-state index is 11.3. The number of aliphatic carboxylic acids is 1. The highest BCUT2D eigenvalue weighted by Crippen LogP contribution is 2.25. The second-order valence-electron chi connectivity index (χ2n) is 4.96. The maximum Gasteiger partial charge on any atom is 0.312 e. The SMILES string of the molecule is COc1cccc(C(C)(C)CNC(=O)CC(=O)O)c1. The normalized spacial score (nSPS) is 10.9. The predicted octanol–water partition coefficient (Wildman–Crippen LogP) is 1.56. The van der Waals surface area contributed by atoms with Gasteiger partial charge in [0.05, 0.1) is 7.11 Å². The minimum atomic E-state index is -1.13. The van der Waals surface area contributed by atoms with Gasteiger partial charge in [0.25, 0.3) is 0 Å². The van der Waals surface area contributed by atoms with Crippen LogP contribution in [0.2, 0.25) is 0 Å². The number of hydrogen-bond donors (Lipinski definition) is 2. The number of amides is 1. The molecule has 19 heavy (non-hydrogen) atoms. The lowest BCUT2D eigenvalue weighted by Crippen LogP contribution is -2.37. The smallest absolute Gasteiger partial charge is 0.312 e. The Bertz CT molecular complexity index is 468. The number of benzene rings is 1. The summed E-state index contributed by atoms with van der Waals surface area (Å²) in [6, 6.07) is 7.59. The number of methoxy groups -OCH3 is 1. The molecule has 0 radical (unpaired) electrons. The van der Waals surface area contributed by atoms with Gasteiger partial charge in [0, 0.05) is 12.0 Å². The fraction of sp³-hybridized carbons (Fsp3) is 0.429. The van der Waals surface area contributed by atoms with Crippen LogP contribution in [0.4, 0.5) is 0 Å². The van der Waals surface area contributed by atoms with Gasteiger partial charge in [-0.3, -0.25) is 9.59 Å². The van der Waals surface area contributed by atoms with Crippen molar-refractivity contribution < 1.29 is 19.4 Å². The summed E-state index contributed by atoms with van der Waals surface area (Å²) in [5, 5.41) is 11.2. The van der Waals surface area contributed by atoms with Crippen LogP contribution < -0.4 is 10.1 Å². The summed E-state index contributed by atoms with van der Waals surface area (Å²) in [4.78, 5) is 21.7. The number of hydrogen-bond acceptors (Lipinski definition) is 3. The quantitative estimate of drug-likeness (QED) is 0.765. The van der Waals surface area contributed by atoms with Crippen molar-refractivity contribution in [1.29, 1.82) is 0 Å². The molecule has 0 unspecified atom stereocenters. The zero-order valence-corrected chi connectivity index (χ0v) is 11.4. The number of carbonyl (C=O) groups excluding carboxylic acids is 1. The van der Waals surface area contributed by atoms with Crippen LogP contribution in [0.15, 0.2) is 24.3 Å². The molecule has 0 fully saturated rings. The van der Waals surface area contributed by atoms with E-state index < -0.39 is 18.3 Å². The van der Waals surface area contributed by atoms with Crippen molar-refractivity contribution in [2.75, 3.05) is 13.7 Å². The van der Waals surface area contributed by atoms with E-state index in [9.17, 15) is 9.59 Å². The first-order valence-electron chi connectivity index (χ1n) is 5.98. The molecule has 0 heterocycles. The molecule has 0 aliphatic rings. The second kappa shape index (κ2) is 6.22. The average molecular weight is 265 g/mol. The first kappa shape index (κ1) is 15.0. The molecule has 0 saturated carbocycles. The van der Waals surface area contributed by atoms with Crippen molar-refractivity contribution in [1.82, 2.24) is 5.32 Å². The highest BCUT2D eigenvalue weighted by Gasteiger charge is 2.22. The molecule has 0 spiro atoms. The molecule has 0 saturated heterocycles. The van der Waals surface area contributed by atoms with Crippen LogP contribution in [-0.4, -0.2) is 30.6 Å². The lowest BCUT2D eigenvalue weighted by Gasteiger charge is -2.26. The Labute approximate surface area is 112 Å². The molecule has 5 heteroatoms. The van der Waals surface area contributed by atoms with Gasteiger partial charge < -0.3 is 15.2 Å². The molecule has 1 rings (SSSR count). The molecular weight excluding hydrogens is 246 g/mol. The fourth-order valence-electron chi connectivity index (χ4n) is 1.67. The Morgan fingerprint density at radius 2 is 2.05 bits per heavy atom. The van der Waals surface area contributed by atoms with Gasteiger partial charge in [-0.15, -0.1) is 0 Å². The van der Waals surface area contributed by atoms with Crippen LogP contribution in [0, 0.1) is 0 Å². The summed E-state index contributed by atoms with van der Waals surface area (Å²) >= 11 is 0. The molecule has 2 N–H and O–H groups in total. The third-order valence-electron chi connectivity index (χ3n) is 2.89. The highest BCUT2D eigenvalue weighted by molar-refractivity contribution is 5.93. The Morgan fingerprint density at radius 3 is 2.63 bits per heavy atom. The summed E-state index contributed by atoms with van der Waals surface area (Å²) in [5.41, 5.74) is 0.713. The van der Waals surface area contributed by atoms with Crippen molar-refractivity contribution in [3.05, 3.63) is 29.8 Å². The number of nitrogens with one attached hydrogen (secondary N) is 1. The van der Waals surface area contributed by atoms with Gasteiger partial charge in [-0.2, -0.15) is 0 Å². The fourth-order valence-corrected chi connectivity index (χ4v) is 1.67. The Balaban J connectivity index is 2.69. The van der Waals surface area contributed by atoms with Crippen LogP contribution in [0.3, 0.4) is 0 Å². The zero-order chi connectivity index (χ0) is 14.5. The van der Waals surface area contributed by atoms with Gasteiger partial charge in [0.2, 0.25) is 5.91 Å². The number of carbonyl (C=O) groups is 2. The van der Waals surface area contributed by atoms with E-state index >= 15 is 0 Å². The van der Waals surface area contributed by atoms with Crippen LogP contribution in [0.5, 0.6) is 5.75 Å². The highest BCUT2D eigenvalue weighted by atomic mass is 16.5. The summed E-state index contributed by atoms with van der Waals surface area (Å²) in [7, 11) is 1.60. The molecule has 1 aromatic carbocycles. The molecule has 1 amide bonds. The van der Waals surface area contributed by atoms with Crippen LogP contribution >= 0.6 is 0 Å². The van der Waals surface area contributed by atoms with Gasteiger partial charge in [-0.25, -0.2) is 0 Å². The van der Waals surface area contributed by atoms with Crippen molar-refractivity contribution in [2.45, 2.75) is 25.7 Å². The van der Waals surface area contributed by atoms with Gasteiger partial charge >= 0.3 is 5.97 Å². The van der Waals surface area contributed by atoms with Gasteiger partial charge in [0.1, 0.15) is 12.2 Å². The molecule has 0 aliphatic carbocycles. The van der Waals surface area contributed by atoms with Gasteiger partial charge in [0.15, 0.2) is 0 Å². The maximum atomic E-state index is 11.3. The Kier molecular flexibility index (Phi) is 4.92. The molecular formula is C14H19NO4. The van der Waals surface area contributed by atoms with E-state index in [1.807, 2.05) is 38.1 Å². The number of ether oxygens (including phenoxy) is 1. The van der Waals surface area contributed by atoms with Crippen molar-refractivity contribution in [3.63, 3.8) is 0 Å². The van der Waals surface area contributed by atoms with E-state index in [1.54, 1.807) is 7.11 Å². The monoisotopic (exact) mass is 265 g/mol. The number of carboxylic acid groups (broad SMARTS) is 1. The average Bonchev–Trinajstić information content (AvgIpc) is 2.36. The number of rotatable bonds is 6. The Hall–Kier alpha value is -2.04. The van der Waals surface area contributed by atoms with Crippen molar-refractivity contribution in [3.8, 4) is 5.75 Å². The van der Waals surface area contributed by atoms with E-state index in [0.717, 1.165) is 11.3 Å². The third-order valence-corrected chi connectivity index (χ3v) is 2.89. The zero-order valence-electron chi connectivity index (χ0n) is 11.4. The molecule has 0 aliphatic heterocycles. The molecule has 0 atom stereocenters. The lowest BCUT2D eigenvalue weighted by molar-refractivity contribution is -0.140. The topological polar surface area (TPSA) is 75.6 Å². The molecule has 1 aromatic rings. The van der Waals surface area contributed by atoms with Crippen LogP contribution in [-0.2, 0) is 15.0 Å². The third kappa shape index (κ3) is 4.62.